The maximum Gasteiger partial charge on any atom is 0.243 e. The highest BCUT2D eigenvalue weighted by atomic mass is 19.1. The van der Waals surface area contributed by atoms with E-state index >= 15 is 4.39 Å². The molecule has 7 rings (SSSR count). The van der Waals surface area contributed by atoms with Crippen LogP contribution in [-0.4, -0.2) is 116 Å². The molecule has 5 aromatic rings. The van der Waals surface area contributed by atoms with E-state index in [4.69, 9.17) is 26.4 Å². The number of carbonyl (C=O) groups is 5. The maximum absolute atomic E-state index is 15.2. The molecular formula is C53H66FN11O8. The number of aromatic nitrogens is 1. The van der Waals surface area contributed by atoms with Crippen molar-refractivity contribution < 1.29 is 42.9 Å². The zero-order valence-electron chi connectivity index (χ0n) is 40.9. The number of hydrogen-bond donors (Lipinski definition) is 11. The van der Waals surface area contributed by atoms with Crippen LogP contribution in [0.3, 0.4) is 0 Å². The molecule has 5 amide bonds. The van der Waals surface area contributed by atoms with E-state index in [2.05, 4.69) is 36.9 Å². The van der Waals surface area contributed by atoms with Gasteiger partial charge < -0.3 is 67.8 Å². The molecule has 1 aromatic heterocycles. The predicted molar refractivity (Wildman–Crippen MR) is 276 cm³/mol. The summed E-state index contributed by atoms with van der Waals surface area (Å²) in [6, 6.07) is 20.2. The van der Waals surface area contributed by atoms with E-state index < -0.39 is 60.0 Å². The predicted octanol–water partition coefficient (Wildman–Crippen LogP) is 3.69. The van der Waals surface area contributed by atoms with Crippen molar-refractivity contribution in [2.45, 2.75) is 82.0 Å². The summed E-state index contributed by atoms with van der Waals surface area (Å²) in [4.78, 5) is 75.5. The second-order valence-electron chi connectivity index (χ2n) is 18.5. The minimum atomic E-state index is -1.30. The molecule has 73 heavy (non-hydrogen) atoms. The van der Waals surface area contributed by atoms with Crippen molar-refractivity contribution in [3.8, 4) is 22.6 Å². The lowest BCUT2D eigenvalue weighted by atomic mass is 9.85. The van der Waals surface area contributed by atoms with Gasteiger partial charge in [-0.3, -0.25) is 29.4 Å². The van der Waals surface area contributed by atoms with Crippen molar-refractivity contribution in [3.05, 3.63) is 108 Å². The molecule has 0 spiro atoms. The Kier molecular flexibility index (Phi) is 18.6. The van der Waals surface area contributed by atoms with Gasteiger partial charge in [-0.05, 0) is 97.7 Å². The van der Waals surface area contributed by atoms with Gasteiger partial charge in [0.1, 0.15) is 35.4 Å². The zero-order chi connectivity index (χ0) is 51.9. The Morgan fingerprint density at radius 2 is 1.62 bits per heavy atom. The normalized spacial score (nSPS) is 16.8. The molecule has 1 saturated carbocycles. The number of morpholine rings is 1. The first-order valence-corrected chi connectivity index (χ1v) is 24.7. The zero-order valence-corrected chi connectivity index (χ0v) is 40.9. The van der Waals surface area contributed by atoms with E-state index in [1.807, 2.05) is 53.4 Å². The highest BCUT2D eigenvalue weighted by Gasteiger charge is 2.33. The molecule has 1 aliphatic carbocycles. The third kappa shape index (κ3) is 14.9. The second-order valence-corrected chi connectivity index (χ2v) is 18.5. The third-order valence-corrected chi connectivity index (χ3v) is 13.2. The fourth-order valence-corrected chi connectivity index (χ4v) is 9.32. The van der Waals surface area contributed by atoms with Gasteiger partial charge in [-0.25, -0.2) is 4.39 Å². The number of halogens is 1. The van der Waals surface area contributed by atoms with Crippen molar-refractivity contribution in [2.24, 2.45) is 17.4 Å². The number of H-pyrrole nitrogens is 1. The SMILES string of the molecule is COc1ccccc1-c1ccc(C[C@H](NC(=O)[C@H](Cc2c[nH]c3ccc(O)cc23)NC(=O)[C@H]2CCC[C@H](N)C2)C(=O)N[C@@H](CCCCNC(=N)N)C(=O)NCC(=O)Nc2ccc(N3CCOCC3)c(F)c2)cc1. The first-order valence-electron chi connectivity index (χ1n) is 24.7. The molecule has 2 aliphatic rings. The molecule has 13 N–H and O–H groups in total. The van der Waals surface area contributed by atoms with Gasteiger partial charge in [0.2, 0.25) is 29.5 Å². The number of nitrogens with zero attached hydrogens (tertiary/aromatic N) is 1. The van der Waals surface area contributed by atoms with Crippen molar-refractivity contribution in [1.29, 1.82) is 5.41 Å². The fraction of sp³-hybridized carbons (Fsp3) is 0.396. The summed E-state index contributed by atoms with van der Waals surface area (Å²) >= 11 is 0. The summed E-state index contributed by atoms with van der Waals surface area (Å²) in [5.41, 5.74) is 16.0. The number of aromatic amines is 1. The molecule has 1 aliphatic heterocycles. The lowest BCUT2D eigenvalue weighted by molar-refractivity contribution is -0.134. The minimum absolute atomic E-state index is 0.00615. The number of hydrogen-bond acceptors (Lipinski definition) is 11. The van der Waals surface area contributed by atoms with Crippen LogP contribution < -0.4 is 53.0 Å². The Hall–Kier alpha value is -7.71. The van der Waals surface area contributed by atoms with E-state index in [0.29, 0.717) is 92.0 Å². The number of nitrogens with one attached hydrogen (secondary N) is 8. The van der Waals surface area contributed by atoms with Gasteiger partial charge >= 0.3 is 0 Å². The molecule has 1 saturated heterocycles. The molecule has 0 bridgehead atoms. The van der Waals surface area contributed by atoms with Gasteiger partial charge in [0.25, 0.3) is 0 Å². The maximum atomic E-state index is 15.2. The van der Waals surface area contributed by atoms with Crippen LogP contribution in [0.2, 0.25) is 0 Å². The van der Waals surface area contributed by atoms with E-state index in [0.717, 1.165) is 24.0 Å². The summed E-state index contributed by atoms with van der Waals surface area (Å²) in [6.45, 7) is 1.80. The van der Waals surface area contributed by atoms with E-state index in [1.54, 1.807) is 37.6 Å². The summed E-state index contributed by atoms with van der Waals surface area (Å²) < 4.78 is 26.1. The Morgan fingerprint density at radius 1 is 0.877 bits per heavy atom. The summed E-state index contributed by atoms with van der Waals surface area (Å²) in [6.07, 6.45) is 5.19. The van der Waals surface area contributed by atoms with Gasteiger partial charge in [0.15, 0.2) is 5.96 Å². The van der Waals surface area contributed by atoms with E-state index in [1.165, 1.54) is 12.1 Å². The van der Waals surface area contributed by atoms with E-state index in [-0.39, 0.29) is 48.6 Å². The van der Waals surface area contributed by atoms with Crippen LogP contribution in [0.25, 0.3) is 22.0 Å². The van der Waals surface area contributed by atoms with Crippen LogP contribution in [-0.2, 0) is 41.6 Å². The summed E-state index contributed by atoms with van der Waals surface area (Å²) in [5.74, 6) is -3.57. The highest BCUT2D eigenvalue weighted by Crippen LogP contribution is 2.31. The van der Waals surface area contributed by atoms with Crippen molar-refractivity contribution in [1.82, 2.24) is 31.6 Å². The van der Waals surface area contributed by atoms with E-state index in [9.17, 15) is 29.1 Å². The lowest BCUT2D eigenvalue weighted by Crippen LogP contribution is -2.58. The van der Waals surface area contributed by atoms with Crippen LogP contribution in [0, 0.1) is 17.1 Å². The Morgan fingerprint density at radius 3 is 2.34 bits per heavy atom. The number of nitrogens with two attached hydrogens (primary N) is 2. The standard InChI is InChI=1S/C53H66FN11O8/c1-72-47-11-3-2-9-39(47)33-14-12-32(13-15-33)25-44(64-52(71)45(63-49(68)34-7-6-8-36(55)26-34)27-35-30-59-42-18-17-38(66)29-40(35)42)51(70)62-43(10-4-5-20-58-53(56)57)50(69)60-31-48(67)61-37-16-19-46(41(54)28-37)65-21-23-73-24-22-65/h2-3,9,11-19,28-30,34,36,43-45,59,66H,4-8,10,20-27,31,55H2,1H3,(H,60,69)(H,61,67)(H,62,70)(H,63,68)(H,64,71)(H4,56,57,58)/t34-,36-,43-,44-,45-/m0/s1. The summed E-state index contributed by atoms with van der Waals surface area (Å²) in [5, 5.41) is 35.1. The van der Waals surface area contributed by atoms with Gasteiger partial charge in [-0.15, -0.1) is 0 Å². The number of methoxy groups -OCH3 is 1. The Labute approximate surface area is 423 Å². The monoisotopic (exact) mass is 1000 g/mol. The second kappa shape index (κ2) is 25.6. The first kappa shape index (κ1) is 53.1. The molecule has 388 valence electrons. The van der Waals surface area contributed by atoms with Crippen LogP contribution in [0.15, 0.2) is 91.1 Å². The number of ether oxygens (including phenoxy) is 2. The fourth-order valence-electron chi connectivity index (χ4n) is 9.32. The molecular weight excluding hydrogens is 938 g/mol. The number of aromatic hydroxyl groups is 1. The number of guanidine groups is 1. The minimum Gasteiger partial charge on any atom is -0.508 e. The van der Waals surface area contributed by atoms with Gasteiger partial charge in [0.05, 0.1) is 32.6 Å². The van der Waals surface area contributed by atoms with Crippen LogP contribution in [0.1, 0.15) is 56.1 Å². The summed E-state index contributed by atoms with van der Waals surface area (Å²) in [7, 11) is 1.58. The third-order valence-electron chi connectivity index (χ3n) is 13.2. The molecule has 2 heterocycles. The molecule has 4 aromatic carbocycles. The van der Waals surface area contributed by atoms with Crippen LogP contribution in [0.5, 0.6) is 11.5 Å². The largest absolute Gasteiger partial charge is 0.508 e. The number of unbranched alkanes of at least 4 members (excludes halogenated alkanes) is 1. The number of phenols is 1. The number of para-hydroxylation sites is 1. The number of carbonyl (C=O) groups excluding carboxylic acids is 5. The first-order chi connectivity index (χ1) is 35.2. The number of phenolic OH excluding ortho intramolecular Hbond substituents is 1. The van der Waals surface area contributed by atoms with Crippen LogP contribution >= 0.6 is 0 Å². The number of rotatable bonds is 22. The molecule has 0 radical (unpaired) electrons. The average Bonchev–Trinajstić information content (AvgIpc) is 3.78. The number of amides is 5. The average molecular weight is 1000 g/mol. The van der Waals surface area contributed by atoms with Crippen molar-refractivity contribution in [2.75, 3.05) is 56.7 Å². The van der Waals surface area contributed by atoms with Crippen molar-refractivity contribution in [3.63, 3.8) is 0 Å². The Balaban J connectivity index is 1.12. The number of anilines is 2. The molecule has 0 unspecified atom stereocenters. The highest BCUT2D eigenvalue weighted by molar-refractivity contribution is 5.98. The Bertz CT molecular complexity index is 2730. The lowest BCUT2D eigenvalue weighted by Gasteiger charge is -2.29. The molecule has 19 nitrogen and oxygen atoms in total. The molecule has 2 fully saturated rings. The van der Waals surface area contributed by atoms with Crippen molar-refractivity contribution >= 4 is 57.8 Å². The van der Waals surface area contributed by atoms with Crippen LogP contribution in [0.4, 0.5) is 15.8 Å². The smallest absolute Gasteiger partial charge is 0.243 e. The quantitative estimate of drug-likeness (QED) is 0.0269. The van der Waals surface area contributed by atoms with Gasteiger partial charge in [-0.2, -0.15) is 0 Å². The van der Waals surface area contributed by atoms with Gasteiger partial charge in [0, 0.05) is 72.8 Å². The topological polar surface area (TPSA) is 291 Å². The number of fused-ring (bicyclic) bond motifs is 1. The van der Waals surface area contributed by atoms with Gasteiger partial charge in [-0.1, -0.05) is 48.9 Å². The molecule has 20 heteroatoms. The number of benzene rings is 4. The molecule has 5 atom stereocenters.